The van der Waals surface area contributed by atoms with E-state index in [1.807, 2.05) is 0 Å². The fraction of sp³-hybridized carbons (Fsp3) is 0.176. The van der Waals surface area contributed by atoms with E-state index in [0.29, 0.717) is 17.1 Å². The number of nitrogens with one attached hydrogen (secondary N) is 2. The van der Waals surface area contributed by atoms with E-state index in [1.54, 1.807) is 25.1 Å². The van der Waals surface area contributed by atoms with Crippen molar-refractivity contribution in [1.29, 1.82) is 0 Å². The first kappa shape index (κ1) is 17.1. The highest BCUT2D eigenvalue weighted by molar-refractivity contribution is 6.00. The summed E-state index contributed by atoms with van der Waals surface area (Å²) >= 11 is 0. The normalized spacial score (nSPS) is 9.96. The number of rotatable bonds is 4. The lowest BCUT2D eigenvalue weighted by Crippen LogP contribution is -2.41. The number of para-hydroxylation sites is 1. The third-order valence-electron chi connectivity index (χ3n) is 3.42. The fourth-order valence-corrected chi connectivity index (χ4v) is 2.07. The van der Waals surface area contributed by atoms with Gasteiger partial charge in [-0.15, -0.1) is 0 Å². The van der Waals surface area contributed by atoms with Crippen molar-refractivity contribution in [2.24, 2.45) is 0 Å². The number of aryl methyl sites for hydroxylation is 1. The summed E-state index contributed by atoms with van der Waals surface area (Å²) in [6, 6.07) is 9.38. The Kier molecular flexibility index (Phi) is 5.26. The van der Waals surface area contributed by atoms with E-state index < -0.39 is 11.8 Å². The first-order chi connectivity index (χ1) is 11.5. The molecule has 3 N–H and O–H groups in total. The van der Waals surface area contributed by atoms with Crippen LogP contribution in [0.15, 0.2) is 36.4 Å². The van der Waals surface area contributed by atoms with Gasteiger partial charge in [0.25, 0.3) is 11.8 Å². The minimum atomic E-state index is -0.620. The quantitative estimate of drug-likeness (QED) is 0.743. The zero-order valence-corrected chi connectivity index (χ0v) is 13.5. The van der Waals surface area contributed by atoms with E-state index in [4.69, 9.17) is 9.47 Å². The number of ether oxygens (including phenoxy) is 2. The molecule has 2 aromatic rings. The van der Waals surface area contributed by atoms with Gasteiger partial charge in [-0.3, -0.25) is 20.4 Å². The zero-order valence-electron chi connectivity index (χ0n) is 13.5. The number of hydrazine groups is 1. The number of phenols is 1. The maximum absolute atomic E-state index is 12.1. The summed E-state index contributed by atoms with van der Waals surface area (Å²) in [5.41, 5.74) is 5.46. The molecule has 0 radical (unpaired) electrons. The highest BCUT2D eigenvalue weighted by Gasteiger charge is 2.15. The second-order valence-corrected chi connectivity index (χ2v) is 4.95. The van der Waals surface area contributed by atoms with Gasteiger partial charge in [0.1, 0.15) is 5.75 Å². The Labute approximate surface area is 139 Å². The summed E-state index contributed by atoms with van der Waals surface area (Å²) in [4.78, 5) is 24.2. The van der Waals surface area contributed by atoms with Crippen LogP contribution < -0.4 is 20.3 Å². The van der Waals surface area contributed by atoms with Gasteiger partial charge in [-0.05, 0) is 36.8 Å². The largest absolute Gasteiger partial charge is 0.507 e. The Balaban J connectivity index is 2.08. The predicted molar refractivity (Wildman–Crippen MR) is 87.3 cm³/mol. The van der Waals surface area contributed by atoms with Gasteiger partial charge in [0.2, 0.25) is 0 Å². The third-order valence-corrected chi connectivity index (χ3v) is 3.42. The second-order valence-electron chi connectivity index (χ2n) is 4.95. The van der Waals surface area contributed by atoms with Crippen molar-refractivity contribution in [3.63, 3.8) is 0 Å². The molecule has 0 aliphatic carbocycles. The number of methoxy groups -OCH3 is 2. The molecule has 0 atom stereocenters. The number of aromatic hydroxyl groups is 1. The Morgan fingerprint density at radius 3 is 2.29 bits per heavy atom. The van der Waals surface area contributed by atoms with Gasteiger partial charge in [0.05, 0.1) is 19.8 Å². The molecule has 0 aliphatic rings. The van der Waals surface area contributed by atoms with Crippen LogP contribution in [0.5, 0.6) is 17.2 Å². The van der Waals surface area contributed by atoms with E-state index in [2.05, 4.69) is 10.9 Å². The molecular formula is C17H18N2O5. The topological polar surface area (TPSA) is 96.9 Å². The minimum absolute atomic E-state index is 0.0719. The molecule has 0 saturated heterocycles. The van der Waals surface area contributed by atoms with Gasteiger partial charge in [-0.2, -0.15) is 0 Å². The SMILES string of the molecule is COc1ccc(C(=O)NNC(=O)c2cccc(C)c2O)cc1OC. The highest BCUT2D eigenvalue weighted by Crippen LogP contribution is 2.27. The number of amides is 2. The van der Waals surface area contributed by atoms with Gasteiger partial charge >= 0.3 is 0 Å². The maximum Gasteiger partial charge on any atom is 0.273 e. The van der Waals surface area contributed by atoms with Gasteiger partial charge in [-0.1, -0.05) is 12.1 Å². The molecule has 0 bridgehead atoms. The molecule has 0 aromatic heterocycles. The smallest absolute Gasteiger partial charge is 0.273 e. The summed E-state index contributed by atoms with van der Waals surface area (Å²) < 4.78 is 10.2. The van der Waals surface area contributed by atoms with Gasteiger partial charge < -0.3 is 14.6 Å². The molecule has 0 unspecified atom stereocenters. The van der Waals surface area contributed by atoms with Gasteiger partial charge in [0.15, 0.2) is 11.5 Å². The lowest BCUT2D eigenvalue weighted by Gasteiger charge is -2.11. The molecule has 126 valence electrons. The molecule has 7 heteroatoms. The van der Waals surface area contributed by atoms with Crippen LogP contribution >= 0.6 is 0 Å². The van der Waals surface area contributed by atoms with Crippen LogP contribution in [0, 0.1) is 6.92 Å². The van der Waals surface area contributed by atoms with Crippen molar-refractivity contribution in [1.82, 2.24) is 10.9 Å². The molecule has 0 fully saturated rings. The number of phenolic OH excluding ortho intramolecular Hbond substituents is 1. The number of carbonyl (C=O) groups is 2. The number of carbonyl (C=O) groups excluding carboxylic acids is 2. The number of hydrogen-bond donors (Lipinski definition) is 3. The Morgan fingerprint density at radius 2 is 1.62 bits per heavy atom. The van der Waals surface area contributed by atoms with Crippen molar-refractivity contribution in [2.75, 3.05) is 14.2 Å². The molecule has 24 heavy (non-hydrogen) atoms. The predicted octanol–water partition coefficient (Wildman–Crippen LogP) is 1.79. The van der Waals surface area contributed by atoms with Crippen molar-refractivity contribution in [3.05, 3.63) is 53.1 Å². The second kappa shape index (κ2) is 7.36. The Hall–Kier alpha value is -3.22. The van der Waals surface area contributed by atoms with Gasteiger partial charge in [-0.25, -0.2) is 0 Å². The summed E-state index contributed by atoms with van der Waals surface area (Å²) in [5.74, 6) is -0.396. The van der Waals surface area contributed by atoms with E-state index in [-0.39, 0.29) is 16.9 Å². The average molecular weight is 330 g/mol. The molecule has 2 amide bonds. The summed E-state index contributed by atoms with van der Waals surface area (Å²) in [7, 11) is 2.95. The van der Waals surface area contributed by atoms with E-state index in [9.17, 15) is 14.7 Å². The van der Waals surface area contributed by atoms with Crippen molar-refractivity contribution in [2.45, 2.75) is 6.92 Å². The molecule has 0 saturated carbocycles. The molecule has 2 aromatic carbocycles. The fourth-order valence-electron chi connectivity index (χ4n) is 2.07. The standard InChI is InChI=1S/C17H18N2O5/c1-10-5-4-6-12(15(10)20)17(22)19-18-16(21)11-7-8-13(23-2)14(9-11)24-3/h4-9,20H,1-3H3,(H,18,21)(H,19,22). The zero-order chi connectivity index (χ0) is 17.7. The summed E-state index contributed by atoms with van der Waals surface area (Å²) in [5, 5.41) is 9.87. The Morgan fingerprint density at radius 1 is 0.958 bits per heavy atom. The van der Waals surface area contributed by atoms with Crippen LogP contribution in [0.1, 0.15) is 26.3 Å². The summed E-state index contributed by atoms with van der Waals surface area (Å²) in [6.45, 7) is 1.67. The Bertz CT molecular complexity index is 774. The lowest BCUT2D eigenvalue weighted by atomic mass is 10.1. The average Bonchev–Trinajstić information content (AvgIpc) is 2.60. The van der Waals surface area contributed by atoms with E-state index >= 15 is 0 Å². The van der Waals surface area contributed by atoms with Crippen molar-refractivity contribution >= 4 is 11.8 Å². The van der Waals surface area contributed by atoms with Gasteiger partial charge in [0, 0.05) is 5.56 Å². The molecule has 0 heterocycles. The minimum Gasteiger partial charge on any atom is -0.507 e. The van der Waals surface area contributed by atoms with E-state index in [1.165, 1.54) is 32.4 Å². The first-order valence-corrected chi connectivity index (χ1v) is 7.09. The number of hydrogen-bond acceptors (Lipinski definition) is 5. The molecular weight excluding hydrogens is 312 g/mol. The number of benzene rings is 2. The molecule has 0 spiro atoms. The highest BCUT2D eigenvalue weighted by atomic mass is 16.5. The van der Waals surface area contributed by atoms with Crippen LogP contribution in [-0.4, -0.2) is 31.1 Å². The van der Waals surface area contributed by atoms with Crippen LogP contribution in [-0.2, 0) is 0 Å². The van der Waals surface area contributed by atoms with Crippen LogP contribution in [0.25, 0.3) is 0 Å². The van der Waals surface area contributed by atoms with Crippen molar-refractivity contribution < 1.29 is 24.2 Å². The monoisotopic (exact) mass is 330 g/mol. The third kappa shape index (κ3) is 3.57. The molecule has 0 aliphatic heterocycles. The van der Waals surface area contributed by atoms with E-state index in [0.717, 1.165) is 0 Å². The van der Waals surface area contributed by atoms with Crippen LogP contribution in [0.2, 0.25) is 0 Å². The maximum atomic E-state index is 12.1. The lowest BCUT2D eigenvalue weighted by molar-refractivity contribution is 0.0844. The molecule has 2 rings (SSSR count). The van der Waals surface area contributed by atoms with Crippen LogP contribution in [0.4, 0.5) is 0 Å². The van der Waals surface area contributed by atoms with Crippen LogP contribution in [0.3, 0.4) is 0 Å². The van der Waals surface area contributed by atoms with Crippen molar-refractivity contribution in [3.8, 4) is 17.2 Å². The summed E-state index contributed by atoms with van der Waals surface area (Å²) in [6.07, 6.45) is 0. The molecule has 7 nitrogen and oxygen atoms in total. The first-order valence-electron chi connectivity index (χ1n) is 7.09.